The Labute approximate surface area is 118 Å². The summed E-state index contributed by atoms with van der Waals surface area (Å²) in [5.41, 5.74) is 1.88. The van der Waals surface area contributed by atoms with E-state index in [1.165, 1.54) is 0 Å². The van der Waals surface area contributed by atoms with E-state index in [4.69, 9.17) is 26.6 Å². The third-order valence-electron chi connectivity index (χ3n) is 2.96. The minimum atomic E-state index is -2.60. The van der Waals surface area contributed by atoms with Gasteiger partial charge in [-0.25, -0.2) is 0 Å². The van der Waals surface area contributed by atoms with Gasteiger partial charge in [-0.05, 0) is 18.5 Å². The molecule has 0 spiro atoms. The molecular formula is C11H26O6Si2. The monoisotopic (exact) mass is 310 g/mol. The van der Waals surface area contributed by atoms with Gasteiger partial charge in [-0.15, -0.1) is 0 Å². The highest BCUT2D eigenvalue weighted by atomic mass is 28.4. The van der Waals surface area contributed by atoms with Crippen LogP contribution < -0.4 is 0 Å². The molecule has 0 saturated heterocycles. The minimum absolute atomic E-state index is 0.766. The molecular weight excluding hydrogens is 284 g/mol. The maximum absolute atomic E-state index is 5.35. The van der Waals surface area contributed by atoms with Crippen molar-refractivity contribution in [2.45, 2.75) is 18.9 Å². The van der Waals surface area contributed by atoms with Gasteiger partial charge in [0, 0.05) is 48.7 Å². The Bertz CT molecular complexity index is 237. The summed E-state index contributed by atoms with van der Waals surface area (Å²) in [7, 11) is 4.56. The fraction of sp³-hybridized carbons (Fsp3) is 0.818. The molecule has 0 unspecified atom stereocenters. The molecule has 0 atom stereocenters. The van der Waals surface area contributed by atoms with Gasteiger partial charge in [-0.1, -0.05) is 6.08 Å². The molecule has 0 aliphatic carbocycles. The van der Waals surface area contributed by atoms with E-state index in [2.05, 4.69) is 0 Å². The molecule has 0 amide bonds. The molecule has 0 aromatic rings. The van der Waals surface area contributed by atoms with Crippen molar-refractivity contribution >= 4 is 17.6 Å². The van der Waals surface area contributed by atoms with Crippen molar-refractivity contribution in [2.24, 2.45) is 0 Å². The molecule has 0 aromatic heterocycles. The third kappa shape index (κ3) is 5.84. The van der Waals surface area contributed by atoms with Crippen LogP contribution in [0.15, 0.2) is 11.8 Å². The van der Waals surface area contributed by atoms with Crippen LogP contribution in [0.1, 0.15) is 12.8 Å². The van der Waals surface area contributed by atoms with E-state index in [1.807, 2.05) is 11.8 Å². The number of unbranched alkanes of at least 4 members (excludes halogenated alkanes) is 1. The van der Waals surface area contributed by atoms with Crippen LogP contribution >= 0.6 is 0 Å². The van der Waals surface area contributed by atoms with Gasteiger partial charge in [0.05, 0.1) is 0 Å². The lowest BCUT2D eigenvalue weighted by Crippen LogP contribution is -2.42. The number of hydrogen-bond donors (Lipinski definition) is 0. The van der Waals surface area contributed by atoms with Crippen molar-refractivity contribution in [3.8, 4) is 0 Å². The largest absolute Gasteiger partial charge is 0.528 e. The summed E-state index contributed by atoms with van der Waals surface area (Å²) < 4.78 is 31.9. The SMILES string of the molecule is CO[Si](/C=C/CCC[Si](OC)(OC)OC)(OC)OC. The Morgan fingerprint density at radius 2 is 1.21 bits per heavy atom. The van der Waals surface area contributed by atoms with E-state index >= 15 is 0 Å². The van der Waals surface area contributed by atoms with E-state index in [9.17, 15) is 0 Å². The standard InChI is InChI=1S/C11H26O6Si2/c1-12-18(13-2,14-3)10-8-7-9-11-19(15-4,16-5)17-6/h8,10H,7,9,11H2,1-6H3/b10-8+. The fourth-order valence-electron chi connectivity index (χ4n) is 1.67. The molecule has 6 nitrogen and oxygen atoms in total. The first kappa shape index (κ1) is 18.9. The average Bonchev–Trinajstić information content (AvgIpc) is 2.48. The first-order valence-corrected chi connectivity index (χ1v) is 9.79. The molecule has 0 saturated carbocycles. The molecule has 0 aliphatic rings. The highest BCUT2D eigenvalue weighted by Crippen LogP contribution is 2.17. The topological polar surface area (TPSA) is 55.4 Å². The van der Waals surface area contributed by atoms with E-state index in [-0.39, 0.29) is 0 Å². The summed E-state index contributed by atoms with van der Waals surface area (Å²) in [6.45, 7) is 0. The van der Waals surface area contributed by atoms with Crippen LogP contribution in [0, 0.1) is 0 Å². The lowest BCUT2D eigenvalue weighted by atomic mass is 10.3. The molecule has 0 N–H and O–H groups in total. The molecule has 19 heavy (non-hydrogen) atoms. The van der Waals surface area contributed by atoms with Gasteiger partial charge in [0.1, 0.15) is 0 Å². The first-order valence-electron chi connectivity index (χ1n) is 6.06. The molecule has 114 valence electrons. The highest BCUT2D eigenvalue weighted by molar-refractivity contribution is 6.66. The van der Waals surface area contributed by atoms with Crippen LogP contribution in [0.3, 0.4) is 0 Å². The van der Waals surface area contributed by atoms with Crippen LogP contribution in [-0.2, 0) is 26.6 Å². The summed E-state index contributed by atoms with van der Waals surface area (Å²) in [6, 6.07) is 0.766. The molecule has 0 bridgehead atoms. The second-order valence-corrected chi connectivity index (χ2v) is 9.66. The first-order chi connectivity index (χ1) is 9.07. The van der Waals surface area contributed by atoms with Crippen molar-refractivity contribution in [2.75, 3.05) is 42.7 Å². The van der Waals surface area contributed by atoms with Gasteiger partial charge in [-0.3, -0.25) is 0 Å². The lowest BCUT2D eigenvalue weighted by Gasteiger charge is -2.24. The lowest BCUT2D eigenvalue weighted by molar-refractivity contribution is 0.123. The Kier molecular flexibility index (Phi) is 9.74. The van der Waals surface area contributed by atoms with E-state index in [0.29, 0.717) is 0 Å². The number of rotatable bonds is 11. The Morgan fingerprint density at radius 3 is 1.58 bits per heavy atom. The van der Waals surface area contributed by atoms with Gasteiger partial charge in [0.15, 0.2) is 0 Å². The fourth-order valence-corrected chi connectivity index (χ4v) is 4.79. The molecule has 8 heteroatoms. The summed E-state index contributed by atoms with van der Waals surface area (Å²) in [4.78, 5) is 0. The summed E-state index contributed by atoms with van der Waals surface area (Å²) in [6.07, 6.45) is 3.76. The highest BCUT2D eigenvalue weighted by Gasteiger charge is 2.37. The minimum Gasteiger partial charge on any atom is -0.377 e. The second kappa shape index (κ2) is 9.78. The Hall–Kier alpha value is -0.0662. The molecule has 0 aliphatic heterocycles. The molecule has 0 fully saturated rings. The van der Waals surface area contributed by atoms with E-state index < -0.39 is 17.6 Å². The summed E-state index contributed by atoms with van der Waals surface area (Å²) >= 11 is 0. The zero-order valence-electron chi connectivity index (χ0n) is 12.7. The second-order valence-electron chi connectivity index (χ2n) is 3.81. The van der Waals surface area contributed by atoms with Gasteiger partial charge < -0.3 is 26.6 Å². The van der Waals surface area contributed by atoms with Gasteiger partial charge in [0.2, 0.25) is 0 Å². The van der Waals surface area contributed by atoms with Gasteiger partial charge >= 0.3 is 17.6 Å². The quantitative estimate of drug-likeness (QED) is 0.427. The normalized spacial score (nSPS) is 13.4. The van der Waals surface area contributed by atoms with Gasteiger partial charge in [0.25, 0.3) is 0 Å². The predicted molar refractivity (Wildman–Crippen MR) is 76.7 cm³/mol. The third-order valence-corrected chi connectivity index (χ3v) is 8.15. The average molecular weight is 310 g/mol. The van der Waals surface area contributed by atoms with E-state index in [0.717, 1.165) is 18.9 Å². The van der Waals surface area contributed by atoms with Crippen molar-refractivity contribution in [3.05, 3.63) is 11.8 Å². The molecule has 0 rings (SSSR count). The smallest absolute Gasteiger partial charge is 0.377 e. The summed E-state index contributed by atoms with van der Waals surface area (Å²) in [5.74, 6) is 0. The summed E-state index contributed by atoms with van der Waals surface area (Å²) in [5, 5.41) is 0. The predicted octanol–water partition coefficient (Wildman–Crippen LogP) is 1.62. The number of allylic oxidation sites excluding steroid dienone is 1. The Morgan fingerprint density at radius 1 is 0.737 bits per heavy atom. The van der Waals surface area contributed by atoms with Gasteiger partial charge in [-0.2, -0.15) is 0 Å². The van der Waals surface area contributed by atoms with Crippen LogP contribution in [0.2, 0.25) is 6.04 Å². The maximum atomic E-state index is 5.35. The maximum Gasteiger partial charge on any atom is 0.528 e. The Balaban J connectivity index is 4.22. The zero-order chi connectivity index (χ0) is 14.8. The van der Waals surface area contributed by atoms with Crippen molar-refractivity contribution < 1.29 is 26.6 Å². The zero-order valence-corrected chi connectivity index (χ0v) is 14.7. The van der Waals surface area contributed by atoms with Crippen LogP contribution in [0.4, 0.5) is 0 Å². The molecule has 0 aromatic carbocycles. The van der Waals surface area contributed by atoms with Crippen molar-refractivity contribution in [3.63, 3.8) is 0 Å². The number of hydrogen-bond acceptors (Lipinski definition) is 6. The molecule has 0 heterocycles. The van der Waals surface area contributed by atoms with Crippen LogP contribution in [0.5, 0.6) is 0 Å². The van der Waals surface area contributed by atoms with Crippen molar-refractivity contribution in [1.82, 2.24) is 0 Å². The van der Waals surface area contributed by atoms with Crippen LogP contribution in [0.25, 0.3) is 0 Å². The van der Waals surface area contributed by atoms with Crippen LogP contribution in [-0.4, -0.2) is 60.3 Å². The molecule has 0 radical (unpaired) electrons. The van der Waals surface area contributed by atoms with E-state index in [1.54, 1.807) is 42.7 Å². The van der Waals surface area contributed by atoms with Crippen molar-refractivity contribution in [1.29, 1.82) is 0 Å².